The lowest BCUT2D eigenvalue weighted by Gasteiger charge is -2.13. The van der Waals surface area contributed by atoms with Crippen molar-refractivity contribution in [3.8, 4) is 11.3 Å². The molecule has 3 aromatic rings. The molecular weight excluding hydrogens is 430 g/mol. The van der Waals surface area contributed by atoms with Crippen LogP contribution < -0.4 is 5.32 Å². The smallest absolute Gasteiger partial charge is 0.259 e. The number of halogens is 1. The summed E-state index contributed by atoms with van der Waals surface area (Å²) in [5.41, 5.74) is 3.01. The van der Waals surface area contributed by atoms with Crippen LogP contribution in [0, 0.1) is 0 Å². The largest absolute Gasteiger partial charge is 0.298 e. The Kier molecular flexibility index (Phi) is 6.38. The predicted molar refractivity (Wildman–Crippen MR) is 117 cm³/mol. The fraction of sp³-hybridized carbons (Fsp3) is 0.200. The highest BCUT2D eigenvalue weighted by atomic mass is 35.5. The van der Waals surface area contributed by atoms with Crippen molar-refractivity contribution >= 4 is 44.0 Å². The number of hydrogen-bond acceptors (Lipinski definition) is 5. The van der Waals surface area contributed by atoms with Crippen molar-refractivity contribution in [2.24, 2.45) is 0 Å². The minimum Gasteiger partial charge on any atom is -0.298 e. The summed E-state index contributed by atoms with van der Waals surface area (Å²) in [4.78, 5) is 17.1. The maximum Gasteiger partial charge on any atom is 0.259 e. The van der Waals surface area contributed by atoms with Crippen LogP contribution in [0.25, 0.3) is 11.3 Å². The van der Waals surface area contributed by atoms with Gasteiger partial charge in [0.1, 0.15) is 0 Å². The van der Waals surface area contributed by atoms with Crippen molar-refractivity contribution < 1.29 is 13.2 Å². The van der Waals surface area contributed by atoms with Crippen LogP contribution in [0.2, 0.25) is 5.02 Å². The van der Waals surface area contributed by atoms with Gasteiger partial charge < -0.3 is 0 Å². The molecule has 0 atom stereocenters. The first-order valence-corrected chi connectivity index (χ1v) is 11.5. The number of aryl methyl sites for hydroxylation is 1. The molecule has 0 spiro atoms. The molecule has 0 radical (unpaired) electrons. The third-order valence-corrected chi connectivity index (χ3v) is 7.24. The van der Waals surface area contributed by atoms with Gasteiger partial charge in [-0.3, -0.25) is 10.1 Å². The maximum atomic E-state index is 12.7. The van der Waals surface area contributed by atoms with Gasteiger partial charge in [-0.1, -0.05) is 42.8 Å². The molecule has 0 fully saturated rings. The molecule has 0 aliphatic heterocycles. The van der Waals surface area contributed by atoms with E-state index in [9.17, 15) is 13.2 Å². The molecule has 1 N–H and O–H groups in total. The summed E-state index contributed by atoms with van der Waals surface area (Å²) in [5, 5.41) is 5.11. The van der Waals surface area contributed by atoms with E-state index in [2.05, 4.69) is 17.2 Å². The molecular formula is C20H20ClN3O3S2. The molecule has 0 aliphatic carbocycles. The summed E-state index contributed by atoms with van der Waals surface area (Å²) < 4.78 is 25.7. The number of aromatic nitrogens is 1. The molecule has 0 saturated carbocycles. The number of anilines is 1. The van der Waals surface area contributed by atoms with E-state index in [4.69, 9.17) is 11.6 Å². The van der Waals surface area contributed by atoms with Crippen molar-refractivity contribution in [3.63, 3.8) is 0 Å². The molecule has 2 aromatic carbocycles. The second-order valence-corrected chi connectivity index (χ2v) is 9.89. The van der Waals surface area contributed by atoms with Crippen LogP contribution in [-0.2, 0) is 16.4 Å². The van der Waals surface area contributed by atoms with Gasteiger partial charge in [-0.2, -0.15) is 0 Å². The zero-order chi connectivity index (χ0) is 21.2. The van der Waals surface area contributed by atoms with Crippen LogP contribution >= 0.6 is 22.9 Å². The molecule has 0 aliphatic rings. The molecule has 6 nitrogen and oxygen atoms in total. The van der Waals surface area contributed by atoms with Crippen molar-refractivity contribution in [1.82, 2.24) is 9.29 Å². The van der Waals surface area contributed by atoms with Crippen LogP contribution in [0.15, 0.2) is 52.7 Å². The third kappa shape index (κ3) is 4.67. The van der Waals surface area contributed by atoms with Gasteiger partial charge in [-0.05, 0) is 30.2 Å². The first-order chi connectivity index (χ1) is 13.7. The second-order valence-electron chi connectivity index (χ2n) is 6.47. The molecule has 0 saturated heterocycles. The Balaban J connectivity index is 1.83. The number of benzene rings is 2. The Morgan fingerprint density at radius 2 is 1.86 bits per heavy atom. The van der Waals surface area contributed by atoms with E-state index in [-0.39, 0.29) is 15.5 Å². The lowest BCUT2D eigenvalue weighted by molar-refractivity contribution is 0.102. The average molecular weight is 450 g/mol. The van der Waals surface area contributed by atoms with Gasteiger partial charge in [0.2, 0.25) is 10.0 Å². The van der Waals surface area contributed by atoms with Gasteiger partial charge in [-0.25, -0.2) is 17.7 Å². The number of rotatable bonds is 6. The highest BCUT2D eigenvalue weighted by Gasteiger charge is 2.21. The quantitative estimate of drug-likeness (QED) is 0.599. The Morgan fingerprint density at radius 1 is 1.17 bits per heavy atom. The molecule has 0 unspecified atom stereocenters. The van der Waals surface area contributed by atoms with Gasteiger partial charge in [0, 0.05) is 25.0 Å². The van der Waals surface area contributed by atoms with Crippen LogP contribution in [0.1, 0.15) is 22.8 Å². The fourth-order valence-electron chi connectivity index (χ4n) is 2.59. The Hall–Kier alpha value is -2.26. The lowest BCUT2D eigenvalue weighted by atomic mass is 10.1. The molecule has 152 valence electrons. The van der Waals surface area contributed by atoms with Gasteiger partial charge in [0.05, 0.1) is 21.2 Å². The molecule has 0 bridgehead atoms. The molecule has 3 rings (SSSR count). The topological polar surface area (TPSA) is 79.4 Å². The summed E-state index contributed by atoms with van der Waals surface area (Å²) in [6.07, 6.45) is 0.960. The van der Waals surface area contributed by atoms with E-state index in [1.165, 1.54) is 49.2 Å². The summed E-state index contributed by atoms with van der Waals surface area (Å²) in [6.45, 7) is 2.09. The molecule has 29 heavy (non-hydrogen) atoms. The zero-order valence-corrected chi connectivity index (χ0v) is 18.5. The Morgan fingerprint density at radius 3 is 2.48 bits per heavy atom. The predicted octanol–water partition coefficient (Wildman–Crippen LogP) is 4.53. The summed E-state index contributed by atoms with van der Waals surface area (Å²) in [7, 11) is -0.830. The monoisotopic (exact) mass is 449 g/mol. The van der Waals surface area contributed by atoms with Gasteiger partial charge in [0.25, 0.3) is 5.91 Å². The van der Waals surface area contributed by atoms with E-state index in [0.29, 0.717) is 5.13 Å². The number of carbonyl (C=O) groups excluding carboxylic acids is 1. The Labute approximate surface area is 179 Å². The van der Waals surface area contributed by atoms with Crippen molar-refractivity contribution in [3.05, 3.63) is 64.0 Å². The minimum absolute atomic E-state index is 0.00658. The van der Waals surface area contributed by atoms with Gasteiger partial charge in [-0.15, -0.1) is 11.3 Å². The number of nitrogens with zero attached hydrogens (tertiary/aromatic N) is 2. The molecule has 1 heterocycles. The van der Waals surface area contributed by atoms with Crippen LogP contribution in [0.3, 0.4) is 0 Å². The summed E-state index contributed by atoms with van der Waals surface area (Å²) in [5.74, 6) is -0.520. The number of thiazole rings is 1. The molecule has 1 aromatic heterocycles. The molecule has 9 heteroatoms. The standard InChI is InChI=1S/C20H20ClN3O3S2/c1-4-13-5-7-14(8-6-13)18-12-28-20(22-18)23-19(25)16-11-15(9-10-17(16)21)29(26,27)24(2)3/h5-12H,4H2,1-3H3,(H,22,23,25). The normalized spacial score (nSPS) is 11.6. The van der Waals surface area contributed by atoms with E-state index in [1.54, 1.807) is 0 Å². The van der Waals surface area contributed by atoms with Crippen molar-refractivity contribution in [2.45, 2.75) is 18.2 Å². The second kappa shape index (κ2) is 8.62. The minimum atomic E-state index is -3.68. The van der Waals surface area contributed by atoms with E-state index >= 15 is 0 Å². The van der Waals surface area contributed by atoms with Crippen LogP contribution in [0.4, 0.5) is 5.13 Å². The third-order valence-electron chi connectivity index (χ3n) is 4.34. The van der Waals surface area contributed by atoms with E-state index < -0.39 is 15.9 Å². The highest BCUT2D eigenvalue weighted by molar-refractivity contribution is 7.89. The van der Waals surface area contributed by atoms with E-state index in [0.717, 1.165) is 22.0 Å². The molecule has 1 amide bonds. The highest BCUT2D eigenvalue weighted by Crippen LogP contribution is 2.27. The number of carbonyl (C=O) groups is 1. The first-order valence-electron chi connectivity index (χ1n) is 8.80. The lowest BCUT2D eigenvalue weighted by Crippen LogP contribution is -2.23. The Bertz CT molecular complexity index is 1140. The SMILES string of the molecule is CCc1ccc(-c2csc(NC(=O)c3cc(S(=O)(=O)N(C)C)ccc3Cl)n2)cc1. The maximum absolute atomic E-state index is 12.7. The average Bonchev–Trinajstić information content (AvgIpc) is 3.16. The number of sulfonamides is 1. The number of hydrogen-bond donors (Lipinski definition) is 1. The first kappa shape index (κ1) is 21.4. The number of nitrogens with one attached hydrogen (secondary N) is 1. The summed E-state index contributed by atoms with van der Waals surface area (Å²) in [6, 6.07) is 12.1. The zero-order valence-electron chi connectivity index (χ0n) is 16.1. The number of amides is 1. The van der Waals surface area contributed by atoms with Crippen molar-refractivity contribution in [2.75, 3.05) is 19.4 Å². The van der Waals surface area contributed by atoms with Gasteiger partial charge in [0.15, 0.2) is 5.13 Å². The van der Waals surface area contributed by atoms with Crippen LogP contribution in [0.5, 0.6) is 0 Å². The van der Waals surface area contributed by atoms with Crippen molar-refractivity contribution in [1.29, 1.82) is 0 Å². The van der Waals surface area contributed by atoms with E-state index in [1.807, 2.05) is 29.6 Å². The van der Waals surface area contributed by atoms with Gasteiger partial charge >= 0.3 is 0 Å². The summed E-state index contributed by atoms with van der Waals surface area (Å²) >= 11 is 7.42. The van der Waals surface area contributed by atoms with Crippen LogP contribution in [-0.4, -0.2) is 37.7 Å². The fourth-order valence-corrected chi connectivity index (χ4v) is 4.44.